The Balaban J connectivity index is 3.88. The lowest BCUT2D eigenvalue weighted by Gasteiger charge is -2.18. The molecule has 0 saturated heterocycles. The highest BCUT2D eigenvalue weighted by atomic mass is 31.2. The Morgan fingerprint density at radius 3 is 1.18 bits per heavy atom. The molecule has 1 unspecified atom stereocenters. The summed E-state index contributed by atoms with van der Waals surface area (Å²) in [5, 5.41) is 0. The van der Waals surface area contributed by atoms with Gasteiger partial charge in [0, 0.05) is 12.8 Å². The van der Waals surface area contributed by atoms with Gasteiger partial charge in [0.15, 0.2) is 6.10 Å². The van der Waals surface area contributed by atoms with Crippen LogP contribution in [0.2, 0.25) is 0 Å². The zero-order valence-corrected chi connectivity index (χ0v) is 36.9. The number of ether oxygens (including phenoxy) is 2. The summed E-state index contributed by atoms with van der Waals surface area (Å²) in [6.07, 6.45) is 52.5. The summed E-state index contributed by atoms with van der Waals surface area (Å²) in [5.74, 6) is -0.890. The van der Waals surface area contributed by atoms with E-state index in [0.29, 0.717) is 6.42 Å². The topological polar surface area (TPSA) is 119 Å². The van der Waals surface area contributed by atoms with Crippen molar-refractivity contribution in [2.24, 2.45) is 0 Å². The molecule has 0 heterocycles. The van der Waals surface area contributed by atoms with Crippen LogP contribution in [0.4, 0.5) is 0 Å². The molecule has 2 N–H and O–H groups in total. The first-order valence-corrected chi connectivity index (χ1v) is 24.5. The number of phosphoric ester groups is 1. The van der Waals surface area contributed by atoms with Crippen LogP contribution in [0.15, 0.2) is 48.6 Å². The Morgan fingerprint density at radius 2 is 0.804 bits per heavy atom. The molecular formula is C47H85O8P. The molecule has 0 bridgehead atoms. The van der Waals surface area contributed by atoms with Gasteiger partial charge < -0.3 is 19.3 Å². The SMILES string of the molecule is CCCCC/C=C\C/C=C\CCCCCCCCCCCC(=O)OCC(COP(=O)(O)O)OC(=O)CCCCCCCCCCC/C=C\C/C=C\CCCCC. The maximum atomic E-state index is 12.4. The van der Waals surface area contributed by atoms with Gasteiger partial charge in [0.2, 0.25) is 0 Å². The van der Waals surface area contributed by atoms with Crippen molar-refractivity contribution in [2.75, 3.05) is 13.2 Å². The minimum atomic E-state index is -4.76. The largest absolute Gasteiger partial charge is 0.469 e. The van der Waals surface area contributed by atoms with Gasteiger partial charge in [-0.15, -0.1) is 0 Å². The van der Waals surface area contributed by atoms with E-state index < -0.39 is 32.5 Å². The van der Waals surface area contributed by atoms with E-state index in [9.17, 15) is 14.2 Å². The summed E-state index contributed by atoms with van der Waals surface area (Å²) in [5.41, 5.74) is 0. The second kappa shape index (κ2) is 42.6. The lowest BCUT2D eigenvalue weighted by atomic mass is 10.1. The molecule has 0 rings (SSSR count). The van der Waals surface area contributed by atoms with E-state index in [1.54, 1.807) is 0 Å². The van der Waals surface area contributed by atoms with Gasteiger partial charge in [-0.3, -0.25) is 14.1 Å². The van der Waals surface area contributed by atoms with Crippen molar-refractivity contribution in [3.63, 3.8) is 0 Å². The first-order valence-electron chi connectivity index (χ1n) is 22.9. The molecule has 0 amide bonds. The normalized spacial score (nSPS) is 12.9. The molecular weight excluding hydrogens is 723 g/mol. The molecule has 0 fully saturated rings. The van der Waals surface area contributed by atoms with Crippen LogP contribution in [0.3, 0.4) is 0 Å². The third-order valence-electron chi connectivity index (χ3n) is 9.82. The van der Waals surface area contributed by atoms with E-state index in [4.69, 9.17) is 19.3 Å². The van der Waals surface area contributed by atoms with Crippen molar-refractivity contribution in [2.45, 2.75) is 225 Å². The Kier molecular flexibility index (Phi) is 41.1. The Bertz CT molecular complexity index is 1050. The molecule has 9 heteroatoms. The van der Waals surface area contributed by atoms with Crippen LogP contribution in [0.5, 0.6) is 0 Å². The first kappa shape index (κ1) is 54.0. The van der Waals surface area contributed by atoms with Crippen molar-refractivity contribution in [3.8, 4) is 0 Å². The number of phosphoric acid groups is 1. The molecule has 1 atom stereocenters. The fourth-order valence-corrected chi connectivity index (χ4v) is 6.74. The second-order valence-electron chi connectivity index (χ2n) is 15.4. The number of carbonyl (C=O) groups excluding carboxylic acids is 2. The number of allylic oxidation sites excluding steroid dienone is 8. The molecule has 56 heavy (non-hydrogen) atoms. The first-order chi connectivity index (χ1) is 27.3. The van der Waals surface area contributed by atoms with Gasteiger partial charge in [-0.25, -0.2) is 4.57 Å². The summed E-state index contributed by atoms with van der Waals surface area (Å²) >= 11 is 0. The average molecular weight is 809 g/mol. The van der Waals surface area contributed by atoms with E-state index in [1.165, 1.54) is 116 Å². The van der Waals surface area contributed by atoms with Crippen LogP contribution in [0.1, 0.15) is 219 Å². The highest BCUT2D eigenvalue weighted by Gasteiger charge is 2.22. The molecule has 326 valence electrons. The third kappa shape index (κ3) is 44.7. The van der Waals surface area contributed by atoms with Crippen LogP contribution < -0.4 is 0 Å². The number of unbranched alkanes of at least 4 members (excludes halogenated alkanes) is 24. The Labute approximate surface area is 344 Å². The van der Waals surface area contributed by atoms with Crippen molar-refractivity contribution in [1.82, 2.24) is 0 Å². The van der Waals surface area contributed by atoms with Crippen LogP contribution in [0, 0.1) is 0 Å². The van der Waals surface area contributed by atoms with Gasteiger partial charge in [-0.05, 0) is 77.0 Å². The molecule has 0 radical (unpaired) electrons. The fraction of sp³-hybridized carbons (Fsp3) is 0.787. The zero-order chi connectivity index (χ0) is 41.1. The highest BCUT2D eigenvalue weighted by Crippen LogP contribution is 2.36. The number of hydrogen-bond donors (Lipinski definition) is 2. The van der Waals surface area contributed by atoms with Crippen molar-refractivity contribution >= 4 is 19.8 Å². The Morgan fingerprint density at radius 1 is 0.464 bits per heavy atom. The van der Waals surface area contributed by atoms with Gasteiger partial charge in [0.05, 0.1) is 6.61 Å². The number of rotatable bonds is 42. The van der Waals surface area contributed by atoms with Gasteiger partial charge >= 0.3 is 19.8 Å². The van der Waals surface area contributed by atoms with Gasteiger partial charge in [-0.2, -0.15) is 0 Å². The van der Waals surface area contributed by atoms with E-state index in [-0.39, 0.29) is 19.4 Å². The minimum Gasteiger partial charge on any atom is -0.462 e. The van der Waals surface area contributed by atoms with Crippen molar-refractivity contribution in [1.29, 1.82) is 0 Å². The molecule has 0 aromatic carbocycles. The number of carbonyl (C=O) groups is 2. The van der Waals surface area contributed by atoms with Crippen LogP contribution in [-0.4, -0.2) is 41.0 Å². The molecule has 0 aliphatic rings. The van der Waals surface area contributed by atoms with Crippen molar-refractivity contribution in [3.05, 3.63) is 48.6 Å². The van der Waals surface area contributed by atoms with E-state index in [2.05, 4.69) is 67.0 Å². The predicted molar refractivity (Wildman–Crippen MR) is 234 cm³/mol. The zero-order valence-electron chi connectivity index (χ0n) is 36.0. The molecule has 0 aliphatic heterocycles. The van der Waals surface area contributed by atoms with E-state index >= 15 is 0 Å². The maximum absolute atomic E-state index is 12.4. The van der Waals surface area contributed by atoms with Crippen LogP contribution in [0.25, 0.3) is 0 Å². The molecule has 0 aliphatic carbocycles. The average Bonchev–Trinajstić information content (AvgIpc) is 3.17. The summed E-state index contributed by atoms with van der Waals surface area (Å²) in [6.45, 7) is 3.65. The molecule has 0 aromatic heterocycles. The minimum absolute atomic E-state index is 0.206. The predicted octanol–water partition coefficient (Wildman–Crippen LogP) is 14.3. The maximum Gasteiger partial charge on any atom is 0.469 e. The van der Waals surface area contributed by atoms with Gasteiger partial charge in [0.1, 0.15) is 6.61 Å². The lowest BCUT2D eigenvalue weighted by molar-refractivity contribution is -0.161. The lowest BCUT2D eigenvalue weighted by Crippen LogP contribution is -2.29. The molecule has 8 nitrogen and oxygen atoms in total. The highest BCUT2D eigenvalue weighted by molar-refractivity contribution is 7.46. The summed E-state index contributed by atoms with van der Waals surface area (Å²) in [6, 6.07) is 0. The standard InChI is InChI=1S/C47H85O8P/c1-3-5-7-9-11-13-15-17-19-21-23-25-27-29-31-33-35-37-39-41-46(48)53-43-45(44-54-56(50,51)52)55-47(49)42-40-38-36-34-32-30-28-26-24-22-20-18-16-14-12-10-8-6-4-2/h11-14,17-20,45H,3-10,15-16,21-44H2,1-2H3,(H2,50,51,52)/b13-11-,14-12-,19-17-,20-18-. The van der Waals surface area contributed by atoms with Gasteiger partial charge in [0.25, 0.3) is 0 Å². The Hall–Kier alpha value is -1.99. The molecule has 0 spiro atoms. The second-order valence-corrected chi connectivity index (χ2v) is 16.6. The number of hydrogen-bond acceptors (Lipinski definition) is 6. The number of esters is 2. The monoisotopic (exact) mass is 809 g/mol. The van der Waals surface area contributed by atoms with Crippen molar-refractivity contribution < 1.29 is 37.9 Å². The quantitative estimate of drug-likeness (QED) is 0.0271. The summed E-state index contributed by atoms with van der Waals surface area (Å²) < 4.78 is 26.5. The third-order valence-corrected chi connectivity index (χ3v) is 10.3. The molecule has 0 aromatic rings. The fourth-order valence-electron chi connectivity index (χ4n) is 6.38. The van der Waals surface area contributed by atoms with E-state index in [0.717, 1.165) is 70.6 Å². The molecule has 0 saturated carbocycles. The summed E-state index contributed by atoms with van der Waals surface area (Å²) in [7, 11) is -4.76. The van der Waals surface area contributed by atoms with Gasteiger partial charge in [-0.1, -0.05) is 178 Å². The van der Waals surface area contributed by atoms with Crippen LogP contribution >= 0.6 is 7.82 Å². The van der Waals surface area contributed by atoms with E-state index in [1.807, 2.05) is 0 Å². The van der Waals surface area contributed by atoms with Crippen LogP contribution in [-0.2, 0) is 28.2 Å². The smallest absolute Gasteiger partial charge is 0.462 e. The summed E-state index contributed by atoms with van der Waals surface area (Å²) in [4.78, 5) is 43.0.